The molecule has 0 bridgehead atoms. The van der Waals surface area contributed by atoms with Crippen LogP contribution in [-0.2, 0) is 18.1 Å². The Balaban J connectivity index is 1.34. The summed E-state index contributed by atoms with van der Waals surface area (Å²) in [5, 5.41) is 3.43. The van der Waals surface area contributed by atoms with Crippen molar-refractivity contribution in [1.29, 1.82) is 0 Å². The van der Waals surface area contributed by atoms with Crippen LogP contribution < -0.4 is 10.9 Å². The Hall–Kier alpha value is -1.79. The number of anilines is 1. The van der Waals surface area contributed by atoms with E-state index in [4.69, 9.17) is 0 Å². The van der Waals surface area contributed by atoms with E-state index in [9.17, 15) is 4.79 Å². The second-order valence-corrected chi connectivity index (χ2v) is 7.50. The molecule has 2 N–H and O–H groups in total. The lowest BCUT2D eigenvalue weighted by Gasteiger charge is -2.32. The summed E-state index contributed by atoms with van der Waals surface area (Å²) in [6.45, 7) is 3.15. The minimum Gasteiger partial charge on any atom is -0.353 e. The lowest BCUT2D eigenvalue weighted by Crippen LogP contribution is -2.39. The van der Waals surface area contributed by atoms with Crippen molar-refractivity contribution in [2.24, 2.45) is 0 Å². The third-order valence-corrected chi connectivity index (χ3v) is 5.73. The maximum Gasteiger partial charge on any atom is 0.256 e. The molecule has 3 heterocycles. The zero-order valence-corrected chi connectivity index (χ0v) is 14.4. The monoisotopic (exact) mass is 342 g/mol. The predicted molar refractivity (Wildman–Crippen MR) is 98.2 cm³/mol. The Labute approximate surface area is 145 Å². The number of nitrogens with zero attached hydrogens (tertiary/aromatic N) is 2. The molecular weight excluding hydrogens is 320 g/mol. The average molecular weight is 342 g/mol. The van der Waals surface area contributed by atoms with Crippen LogP contribution in [0.5, 0.6) is 0 Å². The number of aromatic nitrogens is 2. The zero-order chi connectivity index (χ0) is 16.4. The smallest absolute Gasteiger partial charge is 0.256 e. The van der Waals surface area contributed by atoms with Crippen LogP contribution in [0.2, 0.25) is 0 Å². The number of piperidine rings is 1. The molecule has 0 saturated carbocycles. The summed E-state index contributed by atoms with van der Waals surface area (Å²) in [6.07, 6.45) is 2.14. The number of fused-ring (bicyclic) bond motifs is 1. The lowest BCUT2D eigenvalue weighted by molar-refractivity contribution is 0.211. The molecule has 5 nitrogen and oxygen atoms in total. The highest BCUT2D eigenvalue weighted by Gasteiger charge is 2.22. The van der Waals surface area contributed by atoms with Crippen molar-refractivity contribution in [2.75, 3.05) is 18.4 Å². The van der Waals surface area contributed by atoms with Gasteiger partial charge in [0.05, 0.1) is 5.69 Å². The Bertz CT molecular complexity index is 753. The first-order chi connectivity index (χ1) is 11.8. The van der Waals surface area contributed by atoms with Crippen molar-refractivity contribution >= 4 is 17.7 Å². The van der Waals surface area contributed by atoms with Gasteiger partial charge in [-0.1, -0.05) is 30.3 Å². The summed E-state index contributed by atoms with van der Waals surface area (Å²) in [6, 6.07) is 11.0. The van der Waals surface area contributed by atoms with Gasteiger partial charge < -0.3 is 5.32 Å². The van der Waals surface area contributed by atoms with E-state index >= 15 is 0 Å². The van der Waals surface area contributed by atoms with Gasteiger partial charge in [-0.3, -0.25) is 14.7 Å². The molecule has 1 fully saturated rings. The van der Waals surface area contributed by atoms with Crippen LogP contribution in [-0.4, -0.2) is 34.0 Å². The molecule has 1 aromatic heterocycles. The third kappa shape index (κ3) is 3.49. The van der Waals surface area contributed by atoms with Gasteiger partial charge in [-0.05, 0) is 18.4 Å². The van der Waals surface area contributed by atoms with E-state index in [1.54, 1.807) is 11.8 Å². The number of hydrogen-bond donors (Lipinski definition) is 2. The fraction of sp³-hybridized carbons (Fsp3) is 0.444. The molecule has 0 unspecified atom stereocenters. The number of benzene rings is 1. The predicted octanol–water partition coefficient (Wildman–Crippen LogP) is 2.59. The molecule has 2 aliphatic rings. The van der Waals surface area contributed by atoms with E-state index in [1.807, 2.05) is 0 Å². The second-order valence-electron chi connectivity index (χ2n) is 6.51. The SMILES string of the molecule is O=c1[nH]c(NC2CCN(Cc3ccccc3)CC2)nc2c1CSC2. The highest BCUT2D eigenvalue weighted by atomic mass is 32.2. The molecular formula is C18H22N4OS. The molecule has 2 aliphatic heterocycles. The first-order valence-electron chi connectivity index (χ1n) is 8.50. The summed E-state index contributed by atoms with van der Waals surface area (Å²) in [7, 11) is 0. The summed E-state index contributed by atoms with van der Waals surface area (Å²) >= 11 is 1.76. The zero-order valence-electron chi connectivity index (χ0n) is 13.6. The minimum absolute atomic E-state index is 0.0222. The fourth-order valence-corrected chi connectivity index (χ4v) is 4.44. The standard InChI is InChI=1S/C18H22N4OS/c23-17-15-11-24-12-16(15)20-18(21-17)19-14-6-8-22(9-7-14)10-13-4-2-1-3-5-13/h1-5,14H,6-12H2,(H2,19,20,21,23). The van der Waals surface area contributed by atoms with E-state index in [-0.39, 0.29) is 5.56 Å². The molecule has 126 valence electrons. The van der Waals surface area contributed by atoms with Gasteiger partial charge >= 0.3 is 0 Å². The second kappa shape index (κ2) is 6.99. The number of likely N-dealkylation sites (tertiary alicyclic amines) is 1. The minimum atomic E-state index is 0.0222. The lowest BCUT2D eigenvalue weighted by atomic mass is 10.0. The molecule has 1 aromatic carbocycles. The Morgan fingerprint density at radius 3 is 2.79 bits per heavy atom. The fourth-order valence-electron chi connectivity index (χ4n) is 3.40. The average Bonchev–Trinajstić information content (AvgIpc) is 3.07. The van der Waals surface area contributed by atoms with E-state index in [1.165, 1.54) is 5.56 Å². The van der Waals surface area contributed by atoms with Crippen LogP contribution in [0.15, 0.2) is 35.1 Å². The van der Waals surface area contributed by atoms with Crippen LogP contribution in [0.25, 0.3) is 0 Å². The first-order valence-corrected chi connectivity index (χ1v) is 9.66. The Morgan fingerprint density at radius 1 is 1.21 bits per heavy atom. The van der Waals surface area contributed by atoms with Crippen LogP contribution in [0, 0.1) is 0 Å². The van der Waals surface area contributed by atoms with E-state index in [0.29, 0.717) is 12.0 Å². The van der Waals surface area contributed by atoms with Crippen molar-refractivity contribution in [3.63, 3.8) is 0 Å². The summed E-state index contributed by atoms with van der Waals surface area (Å²) in [5.41, 5.74) is 3.19. The summed E-state index contributed by atoms with van der Waals surface area (Å²) in [5.74, 6) is 2.28. The maximum atomic E-state index is 12.1. The quantitative estimate of drug-likeness (QED) is 0.894. The molecule has 6 heteroatoms. The van der Waals surface area contributed by atoms with Gasteiger partial charge in [-0.25, -0.2) is 4.98 Å². The van der Waals surface area contributed by atoms with Gasteiger partial charge in [0.2, 0.25) is 5.95 Å². The molecule has 0 atom stereocenters. The summed E-state index contributed by atoms with van der Waals surface area (Å²) < 4.78 is 0. The molecule has 4 rings (SSSR count). The number of H-pyrrole nitrogens is 1. The topological polar surface area (TPSA) is 61.0 Å². The highest BCUT2D eigenvalue weighted by molar-refractivity contribution is 7.98. The molecule has 24 heavy (non-hydrogen) atoms. The normalized spacial score (nSPS) is 18.5. The molecule has 0 aliphatic carbocycles. The molecule has 1 saturated heterocycles. The van der Waals surface area contributed by atoms with Gasteiger partial charge in [0, 0.05) is 42.7 Å². The van der Waals surface area contributed by atoms with Crippen molar-refractivity contribution in [3.05, 3.63) is 57.5 Å². The van der Waals surface area contributed by atoms with Crippen molar-refractivity contribution in [3.8, 4) is 0 Å². The van der Waals surface area contributed by atoms with E-state index in [0.717, 1.165) is 55.2 Å². The number of rotatable bonds is 4. The van der Waals surface area contributed by atoms with Crippen molar-refractivity contribution in [1.82, 2.24) is 14.9 Å². The molecule has 2 aromatic rings. The van der Waals surface area contributed by atoms with E-state index < -0.39 is 0 Å². The van der Waals surface area contributed by atoms with Crippen LogP contribution in [0.4, 0.5) is 5.95 Å². The molecule has 0 radical (unpaired) electrons. The van der Waals surface area contributed by atoms with Crippen LogP contribution in [0.3, 0.4) is 0 Å². The van der Waals surface area contributed by atoms with Gasteiger partial charge in [-0.2, -0.15) is 11.8 Å². The maximum absolute atomic E-state index is 12.1. The van der Waals surface area contributed by atoms with Gasteiger partial charge in [0.1, 0.15) is 0 Å². The van der Waals surface area contributed by atoms with Gasteiger partial charge in [-0.15, -0.1) is 0 Å². The number of nitrogens with one attached hydrogen (secondary N) is 2. The number of hydrogen-bond acceptors (Lipinski definition) is 5. The number of thioether (sulfide) groups is 1. The third-order valence-electron chi connectivity index (χ3n) is 4.76. The Morgan fingerprint density at radius 2 is 2.00 bits per heavy atom. The largest absolute Gasteiger partial charge is 0.353 e. The van der Waals surface area contributed by atoms with Crippen molar-refractivity contribution < 1.29 is 0 Å². The molecule has 0 amide bonds. The van der Waals surface area contributed by atoms with E-state index in [2.05, 4.69) is 50.5 Å². The van der Waals surface area contributed by atoms with Gasteiger partial charge in [0.15, 0.2) is 0 Å². The molecule has 0 spiro atoms. The Kier molecular flexibility index (Phi) is 4.58. The van der Waals surface area contributed by atoms with Crippen LogP contribution >= 0.6 is 11.8 Å². The van der Waals surface area contributed by atoms with Gasteiger partial charge in [0.25, 0.3) is 5.56 Å². The number of aromatic amines is 1. The van der Waals surface area contributed by atoms with Crippen LogP contribution in [0.1, 0.15) is 29.7 Å². The van der Waals surface area contributed by atoms with Crippen molar-refractivity contribution in [2.45, 2.75) is 36.9 Å². The first kappa shape index (κ1) is 15.7. The summed E-state index contributed by atoms with van der Waals surface area (Å²) in [4.78, 5) is 22.1. The highest BCUT2D eigenvalue weighted by Crippen LogP contribution is 2.26.